The number of fused-ring (bicyclic) bond motifs is 8. The number of pyridine rings is 4. The first-order valence-electron chi connectivity index (χ1n) is 16.6. The van der Waals surface area contributed by atoms with Crippen molar-refractivity contribution in [3.05, 3.63) is 132 Å². The highest BCUT2D eigenvalue weighted by Crippen LogP contribution is 2.39. The summed E-state index contributed by atoms with van der Waals surface area (Å²) in [6, 6.07) is 27.3. The van der Waals surface area contributed by atoms with Gasteiger partial charge in [-0.15, -0.1) is 0 Å². The van der Waals surface area contributed by atoms with Crippen LogP contribution in [0.3, 0.4) is 0 Å². The van der Waals surface area contributed by atoms with Crippen LogP contribution in [0.4, 0.5) is 11.4 Å². The van der Waals surface area contributed by atoms with Gasteiger partial charge >= 0.3 is 0 Å². The third-order valence-electron chi connectivity index (χ3n) is 8.64. The minimum Gasteiger partial charge on any atom is -0.490 e. The van der Waals surface area contributed by atoms with Gasteiger partial charge in [0.2, 0.25) is 0 Å². The van der Waals surface area contributed by atoms with E-state index in [4.69, 9.17) is 28.9 Å². The molecule has 2 aliphatic carbocycles. The number of rotatable bonds is 2. The monoisotopic (exact) mass is 658 g/mol. The van der Waals surface area contributed by atoms with Crippen LogP contribution in [0.15, 0.2) is 120 Å². The fraction of sp³-hybridized carbons (Fsp3) is 0.150. The van der Waals surface area contributed by atoms with E-state index in [2.05, 4.69) is 19.9 Å². The summed E-state index contributed by atoms with van der Waals surface area (Å²) in [6.07, 6.45) is 8.41. The zero-order valence-corrected chi connectivity index (χ0v) is 27.0. The molecule has 0 saturated carbocycles. The lowest BCUT2D eigenvalue weighted by molar-refractivity contribution is 0.203. The van der Waals surface area contributed by atoms with Gasteiger partial charge in [0.05, 0.1) is 72.0 Å². The zero-order valence-electron chi connectivity index (χ0n) is 27.0. The molecule has 0 atom stereocenters. The van der Waals surface area contributed by atoms with Crippen molar-refractivity contribution in [1.29, 1.82) is 0 Å². The Labute approximate surface area is 288 Å². The Balaban J connectivity index is 0.948. The van der Waals surface area contributed by atoms with E-state index in [0.717, 1.165) is 67.8 Å². The van der Waals surface area contributed by atoms with Gasteiger partial charge in [0.25, 0.3) is 0 Å². The first-order chi connectivity index (χ1) is 24.8. The van der Waals surface area contributed by atoms with E-state index in [9.17, 15) is 0 Å². The van der Waals surface area contributed by atoms with Crippen LogP contribution in [0, 0.1) is 0 Å². The highest BCUT2D eigenvalue weighted by molar-refractivity contribution is 6.24. The molecule has 5 heterocycles. The van der Waals surface area contributed by atoms with Crippen LogP contribution in [0.1, 0.15) is 35.1 Å². The summed E-state index contributed by atoms with van der Waals surface area (Å²) in [4.78, 5) is 28.4. The summed E-state index contributed by atoms with van der Waals surface area (Å²) in [5, 5.41) is 0. The second kappa shape index (κ2) is 12.9. The van der Waals surface area contributed by atoms with Crippen molar-refractivity contribution in [3.63, 3.8) is 0 Å². The van der Waals surface area contributed by atoms with Gasteiger partial charge in [0, 0.05) is 72.0 Å². The molecule has 244 valence electrons. The maximum Gasteiger partial charge on any atom is 0.163 e. The number of aromatic nitrogens is 4. The van der Waals surface area contributed by atoms with Crippen LogP contribution in [0.5, 0.6) is 23.0 Å². The van der Waals surface area contributed by atoms with Crippen molar-refractivity contribution in [2.75, 3.05) is 26.4 Å². The summed E-state index contributed by atoms with van der Waals surface area (Å²) in [5.41, 5.74) is 10.3. The molecule has 6 aromatic rings. The minimum atomic E-state index is 0.418. The lowest BCUT2D eigenvalue weighted by Crippen LogP contribution is -2.10. The molecule has 0 radical (unpaired) electrons. The zero-order chi connectivity index (χ0) is 33.3. The standard InChI is InChI=1S/C40H30N6O4/c1-7-27-35(28-8-2-16-42-38(28)37(27)41-15-1)45-25-11-13-31-33(23-25)49-21-6-22-50-34-24-26(12-14-32(34)48-20-5-19-47-31)46-36-29-9-3-17-43-39(29)40-30(36)10-4-18-44-40/h1-4,7-18,23-24H,5-6,19-22H2. The van der Waals surface area contributed by atoms with Crippen LogP contribution in [0.2, 0.25) is 0 Å². The highest BCUT2D eigenvalue weighted by Gasteiger charge is 2.28. The fourth-order valence-electron chi connectivity index (χ4n) is 6.37. The third kappa shape index (κ3) is 5.50. The van der Waals surface area contributed by atoms with Gasteiger partial charge in [-0.3, -0.25) is 19.9 Å². The topological polar surface area (TPSA) is 113 Å². The normalized spacial score (nSPS) is 14.5. The fourth-order valence-corrected chi connectivity index (χ4v) is 6.37. The highest BCUT2D eigenvalue weighted by atomic mass is 16.5. The molecule has 0 spiro atoms. The Hall–Kier alpha value is -6.42. The van der Waals surface area contributed by atoms with Gasteiger partial charge in [-0.1, -0.05) is 0 Å². The Morgan fingerprint density at radius 2 is 0.740 bits per heavy atom. The van der Waals surface area contributed by atoms with Crippen LogP contribution in [0.25, 0.3) is 22.8 Å². The molecule has 10 nitrogen and oxygen atoms in total. The average Bonchev–Trinajstić information content (AvgIpc) is 3.65. The molecule has 0 fully saturated rings. The molecular weight excluding hydrogens is 628 g/mol. The van der Waals surface area contributed by atoms with Crippen LogP contribution >= 0.6 is 0 Å². The van der Waals surface area contributed by atoms with E-state index in [1.807, 2.05) is 84.9 Å². The van der Waals surface area contributed by atoms with Crippen LogP contribution in [-0.4, -0.2) is 57.8 Å². The van der Waals surface area contributed by atoms with Crippen LogP contribution in [-0.2, 0) is 0 Å². The number of ether oxygens (including phenoxy) is 4. The predicted molar refractivity (Wildman–Crippen MR) is 190 cm³/mol. The molecule has 9 rings (SSSR count). The van der Waals surface area contributed by atoms with Crippen LogP contribution < -0.4 is 18.9 Å². The summed E-state index contributed by atoms with van der Waals surface area (Å²) in [5.74, 6) is 2.57. The lowest BCUT2D eigenvalue weighted by atomic mass is 10.1. The first kappa shape index (κ1) is 29.7. The van der Waals surface area contributed by atoms with Crippen molar-refractivity contribution in [1.82, 2.24) is 19.9 Å². The van der Waals surface area contributed by atoms with Gasteiger partial charge in [-0.2, -0.15) is 0 Å². The van der Waals surface area contributed by atoms with Gasteiger partial charge in [0.1, 0.15) is 0 Å². The van der Waals surface area contributed by atoms with Gasteiger partial charge in [0.15, 0.2) is 23.0 Å². The molecule has 0 unspecified atom stereocenters. The van der Waals surface area contributed by atoms with E-state index in [-0.39, 0.29) is 0 Å². The van der Waals surface area contributed by atoms with Crippen molar-refractivity contribution in [2.45, 2.75) is 12.8 Å². The van der Waals surface area contributed by atoms with Gasteiger partial charge < -0.3 is 18.9 Å². The van der Waals surface area contributed by atoms with Gasteiger partial charge in [-0.25, -0.2) is 9.98 Å². The second-order valence-electron chi connectivity index (χ2n) is 11.9. The molecule has 0 N–H and O–H groups in total. The quantitative estimate of drug-likeness (QED) is 0.187. The van der Waals surface area contributed by atoms with E-state index >= 15 is 0 Å². The van der Waals surface area contributed by atoms with E-state index < -0.39 is 0 Å². The van der Waals surface area contributed by atoms with E-state index in [0.29, 0.717) is 62.3 Å². The molecule has 1 aliphatic heterocycles. The summed E-state index contributed by atoms with van der Waals surface area (Å²) >= 11 is 0. The van der Waals surface area contributed by atoms with Gasteiger partial charge in [-0.05, 0) is 72.8 Å². The number of nitrogens with zero attached hydrogens (tertiary/aromatic N) is 6. The molecule has 0 bridgehead atoms. The number of benzene rings is 2. The Morgan fingerprint density at radius 1 is 0.400 bits per heavy atom. The molecule has 0 amide bonds. The van der Waals surface area contributed by atoms with Crippen molar-refractivity contribution in [3.8, 4) is 45.8 Å². The summed E-state index contributed by atoms with van der Waals surface area (Å²) in [6.45, 7) is 1.74. The predicted octanol–water partition coefficient (Wildman–Crippen LogP) is 7.57. The molecule has 50 heavy (non-hydrogen) atoms. The lowest BCUT2D eigenvalue weighted by Gasteiger charge is -2.17. The number of aliphatic imine (C=N–C) groups is 2. The van der Waals surface area contributed by atoms with Crippen molar-refractivity contribution < 1.29 is 18.9 Å². The molecule has 0 saturated heterocycles. The van der Waals surface area contributed by atoms with Crippen molar-refractivity contribution in [2.24, 2.45) is 9.98 Å². The SMILES string of the molecule is c1cnc2c(c1)C(=Nc1ccc3c(c1)OCCCOc1cc(N=C4c5cccnc5-c5ncccc54)ccc1OCCCO3)c1cccnc1-2. The maximum atomic E-state index is 6.28. The van der Waals surface area contributed by atoms with E-state index in [1.165, 1.54) is 0 Å². The number of hydrogen-bond acceptors (Lipinski definition) is 10. The minimum absolute atomic E-state index is 0.418. The molecule has 4 aromatic heterocycles. The second-order valence-corrected chi connectivity index (χ2v) is 11.9. The third-order valence-corrected chi connectivity index (χ3v) is 8.64. The first-order valence-corrected chi connectivity index (χ1v) is 16.6. The van der Waals surface area contributed by atoms with E-state index in [1.54, 1.807) is 24.8 Å². The molecule has 3 aliphatic rings. The summed E-state index contributed by atoms with van der Waals surface area (Å²) in [7, 11) is 0. The molecular formula is C40H30N6O4. The smallest absolute Gasteiger partial charge is 0.163 e. The Morgan fingerprint density at radius 3 is 1.10 bits per heavy atom. The maximum absolute atomic E-state index is 6.28. The molecule has 2 aromatic carbocycles. The largest absolute Gasteiger partial charge is 0.490 e. The number of hydrogen-bond donors (Lipinski definition) is 0. The molecule has 10 heteroatoms. The Kier molecular flexibility index (Phi) is 7.65. The summed E-state index contributed by atoms with van der Waals surface area (Å²) < 4.78 is 24.9. The average molecular weight is 659 g/mol. The van der Waals surface area contributed by atoms with Crippen molar-refractivity contribution >= 4 is 22.8 Å². The Bertz CT molecular complexity index is 2060.